The van der Waals surface area contributed by atoms with E-state index >= 15 is 0 Å². The first kappa shape index (κ1) is 12.7. The highest BCUT2D eigenvalue weighted by Gasteiger charge is 2.21. The van der Waals surface area contributed by atoms with Gasteiger partial charge in [-0.1, -0.05) is 19.8 Å². The number of hydrogen-bond acceptors (Lipinski definition) is 2. The van der Waals surface area contributed by atoms with Gasteiger partial charge in [0.15, 0.2) is 0 Å². The van der Waals surface area contributed by atoms with Crippen molar-refractivity contribution in [2.75, 3.05) is 5.73 Å². The van der Waals surface area contributed by atoms with Crippen LogP contribution in [0, 0.1) is 17.6 Å². The Kier molecular flexibility index (Phi) is 3.92. The predicted octanol–water partition coefficient (Wildman–Crippen LogP) is 4.22. The molecule has 1 aromatic carbocycles. The minimum Gasteiger partial charge on any atom is -0.395 e. The Morgan fingerprint density at radius 1 is 1.29 bits per heavy atom. The summed E-state index contributed by atoms with van der Waals surface area (Å²) < 4.78 is 26.4. The van der Waals surface area contributed by atoms with E-state index in [0.717, 1.165) is 18.9 Å². The highest BCUT2D eigenvalue weighted by Crippen LogP contribution is 2.39. The number of rotatable bonds is 2. The molecule has 0 amide bonds. The summed E-state index contributed by atoms with van der Waals surface area (Å²) in [6.45, 7) is 2.22. The molecule has 0 aliphatic heterocycles. The molecular weight excluding hydrogens is 240 g/mol. The maximum Gasteiger partial charge on any atom is 0.150 e. The van der Waals surface area contributed by atoms with Crippen molar-refractivity contribution in [1.29, 1.82) is 0 Å². The smallest absolute Gasteiger partial charge is 0.150 e. The molecule has 0 radical (unpaired) electrons. The molecule has 0 heterocycles. The average molecular weight is 257 g/mol. The number of nitrogens with two attached hydrogens (primary N) is 1. The van der Waals surface area contributed by atoms with Crippen LogP contribution in [0.5, 0.6) is 0 Å². The molecule has 1 saturated carbocycles. The van der Waals surface area contributed by atoms with E-state index in [1.807, 2.05) is 0 Å². The zero-order chi connectivity index (χ0) is 12.4. The Bertz CT molecular complexity index is 409. The van der Waals surface area contributed by atoms with E-state index in [1.165, 1.54) is 30.7 Å². The number of thioether (sulfide) groups is 1. The number of anilines is 1. The minimum absolute atomic E-state index is 0.0784. The lowest BCUT2D eigenvalue weighted by Crippen LogP contribution is -2.15. The first-order valence-electron chi connectivity index (χ1n) is 5.97. The van der Waals surface area contributed by atoms with Crippen LogP contribution in [-0.2, 0) is 0 Å². The van der Waals surface area contributed by atoms with Crippen LogP contribution >= 0.6 is 11.8 Å². The summed E-state index contributed by atoms with van der Waals surface area (Å²) in [6, 6.07) is 2.17. The molecule has 2 atom stereocenters. The number of benzene rings is 1. The molecule has 94 valence electrons. The van der Waals surface area contributed by atoms with E-state index in [2.05, 4.69) is 6.92 Å². The van der Waals surface area contributed by atoms with Gasteiger partial charge in [-0.25, -0.2) is 8.78 Å². The summed E-state index contributed by atoms with van der Waals surface area (Å²) in [7, 11) is 0. The Labute approximate surface area is 105 Å². The van der Waals surface area contributed by atoms with Gasteiger partial charge in [-0.3, -0.25) is 0 Å². The van der Waals surface area contributed by atoms with Crippen molar-refractivity contribution in [1.82, 2.24) is 0 Å². The third-order valence-corrected chi connectivity index (χ3v) is 4.59. The molecule has 2 rings (SSSR count). The van der Waals surface area contributed by atoms with Crippen molar-refractivity contribution >= 4 is 17.4 Å². The van der Waals surface area contributed by atoms with Gasteiger partial charge in [0, 0.05) is 16.2 Å². The molecule has 2 N–H and O–H groups in total. The number of nitrogen functional groups attached to an aromatic ring is 1. The van der Waals surface area contributed by atoms with Gasteiger partial charge in [0.25, 0.3) is 0 Å². The molecule has 1 aliphatic carbocycles. The summed E-state index contributed by atoms with van der Waals surface area (Å²) in [5.41, 5.74) is 5.72. The summed E-state index contributed by atoms with van der Waals surface area (Å²) in [4.78, 5) is 0.543. The average Bonchev–Trinajstić information content (AvgIpc) is 2.25. The predicted molar refractivity (Wildman–Crippen MR) is 68.0 cm³/mol. The zero-order valence-electron chi connectivity index (χ0n) is 9.88. The van der Waals surface area contributed by atoms with Gasteiger partial charge in [0.05, 0.1) is 5.69 Å². The standard InChI is InChI=1S/C13H17F2NS/c1-8-3-2-4-10(5-8)17-12-7-9(14)6-11(15)13(12)16/h6-8,10H,2-5,16H2,1H3. The van der Waals surface area contributed by atoms with Gasteiger partial charge in [-0.15, -0.1) is 11.8 Å². The second-order valence-electron chi connectivity index (χ2n) is 4.81. The molecule has 0 aromatic heterocycles. The Morgan fingerprint density at radius 3 is 2.76 bits per heavy atom. The monoisotopic (exact) mass is 257 g/mol. The van der Waals surface area contributed by atoms with Gasteiger partial charge in [0.1, 0.15) is 11.6 Å². The van der Waals surface area contributed by atoms with Crippen LogP contribution in [0.15, 0.2) is 17.0 Å². The molecule has 0 bridgehead atoms. The Hall–Kier alpha value is -0.770. The Morgan fingerprint density at radius 2 is 2.06 bits per heavy atom. The lowest BCUT2D eigenvalue weighted by molar-refractivity contribution is 0.394. The van der Waals surface area contributed by atoms with Crippen LogP contribution in [0.4, 0.5) is 14.5 Å². The largest absolute Gasteiger partial charge is 0.395 e. The fourth-order valence-electron chi connectivity index (χ4n) is 2.32. The normalized spacial score (nSPS) is 24.9. The molecule has 0 saturated heterocycles. The molecular formula is C13H17F2NS. The van der Waals surface area contributed by atoms with Crippen molar-refractivity contribution in [2.45, 2.75) is 42.8 Å². The van der Waals surface area contributed by atoms with Crippen LogP contribution < -0.4 is 5.73 Å². The van der Waals surface area contributed by atoms with Gasteiger partial charge < -0.3 is 5.73 Å². The second kappa shape index (κ2) is 5.25. The van der Waals surface area contributed by atoms with Crippen molar-refractivity contribution in [2.24, 2.45) is 5.92 Å². The van der Waals surface area contributed by atoms with Gasteiger partial charge in [-0.2, -0.15) is 0 Å². The minimum atomic E-state index is -0.656. The fraction of sp³-hybridized carbons (Fsp3) is 0.538. The Balaban J connectivity index is 2.12. The van der Waals surface area contributed by atoms with Crippen LogP contribution in [0.1, 0.15) is 32.6 Å². The van der Waals surface area contributed by atoms with Crippen LogP contribution in [0.3, 0.4) is 0 Å². The molecule has 1 aliphatic rings. The summed E-state index contributed by atoms with van der Waals surface area (Å²) in [6.07, 6.45) is 4.65. The van der Waals surface area contributed by atoms with Crippen LogP contribution in [0.2, 0.25) is 0 Å². The first-order valence-corrected chi connectivity index (χ1v) is 6.85. The van der Waals surface area contributed by atoms with Crippen LogP contribution in [0.25, 0.3) is 0 Å². The van der Waals surface area contributed by atoms with E-state index in [0.29, 0.717) is 16.1 Å². The maximum absolute atomic E-state index is 13.3. The molecule has 1 nitrogen and oxygen atoms in total. The van der Waals surface area contributed by atoms with Gasteiger partial charge in [0.2, 0.25) is 0 Å². The van der Waals surface area contributed by atoms with Gasteiger partial charge in [-0.05, 0) is 24.8 Å². The van der Waals surface area contributed by atoms with E-state index < -0.39 is 11.6 Å². The summed E-state index contributed by atoms with van der Waals surface area (Å²) in [5, 5.41) is 0.433. The van der Waals surface area contributed by atoms with E-state index in [-0.39, 0.29) is 5.69 Å². The number of hydrogen-bond donors (Lipinski definition) is 1. The SMILES string of the molecule is CC1CCCC(Sc2cc(F)cc(F)c2N)C1. The number of halogens is 2. The summed E-state index contributed by atoms with van der Waals surface area (Å²) in [5.74, 6) is -0.514. The quantitative estimate of drug-likeness (QED) is 0.803. The maximum atomic E-state index is 13.3. The fourth-order valence-corrected chi connectivity index (χ4v) is 3.80. The van der Waals surface area contributed by atoms with Crippen molar-refractivity contribution in [3.8, 4) is 0 Å². The van der Waals surface area contributed by atoms with Gasteiger partial charge >= 0.3 is 0 Å². The van der Waals surface area contributed by atoms with E-state index in [4.69, 9.17) is 5.73 Å². The lowest BCUT2D eigenvalue weighted by Gasteiger charge is -2.26. The van der Waals surface area contributed by atoms with Crippen molar-refractivity contribution < 1.29 is 8.78 Å². The van der Waals surface area contributed by atoms with Crippen LogP contribution in [-0.4, -0.2) is 5.25 Å². The lowest BCUT2D eigenvalue weighted by atomic mass is 9.91. The van der Waals surface area contributed by atoms with E-state index in [1.54, 1.807) is 0 Å². The second-order valence-corrected chi connectivity index (χ2v) is 6.15. The third kappa shape index (κ3) is 3.12. The molecule has 1 aromatic rings. The third-order valence-electron chi connectivity index (χ3n) is 3.24. The van der Waals surface area contributed by atoms with Crippen molar-refractivity contribution in [3.05, 3.63) is 23.8 Å². The topological polar surface area (TPSA) is 26.0 Å². The molecule has 0 spiro atoms. The molecule has 4 heteroatoms. The highest BCUT2D eigenvalue weighted by molar-refractivity contribution is 8.00. The molecule has 2 unspecified atom stereocenters. The zero-order valence-corrected chi connectivity index (χ0v) is 10.7. The highest BCUT2D eigenvalue weighted by atomic mass is 32.2. The molecule has 1 fully saturated rings. The summed E-state index contributed by atoms with van der Waals surface area (Å²) >= 11 is 1.52. The first-order chi connectivity index (χ1) is 8.06. The molecule has 17 heavy (non-hydrogen) atoms. The van der Waals surface area contributed by atoms with Crippen molar-refractivity contribution in [3.63, 3.8) is 0 Å². The van der Waals surface area contributed by atoms with E-state index in [9.17, 15) is 8.78 Å².